The SMILES string of the molecule is CC(C)c1ccc(CCNC(=O)CN(C)Cc2cccc(F)c2)cc1. The molecule has 4 heteroatoms. The summed E-state index contributed by atoms with van der Waals surface area (Å²) in [6.45, 7) is 5.81. The van der Waals surface area contributed by atoms with Gasteiger partial charge in [-0.15, -0.1) is 0 Å². The summed E-state index contributed by atoms with van der Waals surface area (Å²) in [5.74, 6) is 0.263. The van der Waals surface area contributed by atoms with Crippen LogP contribution in [0.25, 0.3) is 0 Å². The molecule has 1 N–H and O–H groups in total. The molecule has 0 heterocycles. The normalized spacial score (nSPS) is 11.1. The molecule has 2 aromatic rings. The highest BCUT2D eigenvalue weighted by Crippen LogP contribution is 2.14. The summed E-state index contributed by atoms with van der Waals surface area (Å²) in [4.78, 5) is 13.9. The maximum Gasteiger partial charge on any atom is 0.234 e. The van der Waals surface area contributed by atoms with Crippen LogP contribution >= 0.6 is 0 Å². The van der Waals surface area contributed by atoms with Crippen LogP contribution in [0.1, 0.15) is 36.5 Å². The van der Waals surface area contributed by atoms with Crippen molar-refractivity contribution in [2.24, 2.45) is 0 Å². The second-order valence-corrected chi connectivity index (χ2v) is 6.80. The first-order chi connectivity index (χ1) is 11.9. The minimum Gasteiger partial charge on any atom is -0.355 e. The Balaban J connectivity index is 1.71. The lowest BCUT2D eigenvalue weighted by molar-refractivity contribution is -0.122. The fourth-order valence-electron chi connectivity index (χ4n) is 2.72. The summed E-state index contributed by atoms with van der Waals surface area (Å²) in [6.07, 6.45) is 0.817. The van der Waals surface area contributed by atoms with Gasteiger partial charge in [0.2, 0.25) is 5.91 Å². The Labute approximate surface area is 149 Å². The van der Waals surface area contributed by atoms with Crippen LogP contribution in [0.2, 0.25) is 0 Å². The number of carbonyl (C=O) groups excluding carboxylic acids is 1. The van der Waals surface area contributed by atoms with Gasteiger partial charge in [-0.1, -0.05) is 50.2 Å². The standard InChI is InChI=1S/C21H27FN2O/c1-16(2)19-9-7-17(8-10-19)11-12-23-21(25)15-24(3)14-18-5-4-6-20(22)13-18/h4-10,13,16H,11-12,14-15H2,1-3H3,(H,23,25). The summed E-state index contributed by atoms with van der Waals surface area (Å²) in [5.41, 5.74) is 3.41. The Kier molecular flexibility index (Phi) is 7.14. The van der Waals surface area contributed by atoms with Gasteiger partial charge in [0.15, 0.2) is 0 Å². The molecule has 0 unspecified atom stereocenters. The molecular weight excluding hydrogens is 315 g/mol. The molecule has 0 atom stereocenters. The largest absolute Gasteiger partial charge is 0.355 e. The molecule has 2 aromatic carbocycles. The molecule has 0 saturated carbocycles. The maximum atomic E-state index is 13.2. The summed E-state index contributed by atoms with van der Waals surface area (Å²) in [5, 5.41) is 2.94. The van der Waals surface area contributed by atoms with Gasteiger partial charge >= 0.3 is 0 Å². The van der Waals surface area contributed by atoms with Crippen LogP contribution in [0.4, 0.5) is 4.39 Å². The van der Waals surface area contributed by atoms with Crippen LogP contribution in [0, 0.1) is 5.82 Å². The van der Waals surface area contributed by atoms with Gasteiger partial charge < -0.3 is 5.32 Å². The van der Waals surface area contributed by atoms with E-state index in [1.165, 1.54) is 23.3 Å². The molecule has 0 spiro atoms. The van der Waals surface area contributed by atoms with Crippen molar-refractivity contribution in [3.05, 3.63) is 71.0 Å². The summed E-state index contributed by atoms with van der Waals surface area (Å²) >= 11 is 0. The van der Waals surface area contributed by atoms with E-state index in [1.54, 1.807) is 6.07 Å². The molecule has 134 valence electrons. The molecular formula is C21H27FN2O. The first-order valence-electron chi connectivity index (χ1n) is 8.72. The average molecular weight is 342 g/mol. The minimum absolute atomic E-state index is 0.0160. The van der Waals surface area contributed by atoms with E-state index >= 15 is 0 Å². The van der Waals surface area contributed by atoms with Crippen molar-refractivity contribution in [2.75, 3.05) is 20.1 Å². The lowest BCUT2D eigenvalue weighted by atomic mass is 10.0. The van der Waals surface area contributed by atoms with Crippen molar-refractivity contribution >= 4 is 5.91 Å². The van der Waals surface area contributed by atoms with Crippen LogP contribution < -0.4 is 5.32 Å². The van der Waals surface area contributed by atoms with Gasteiger partial charge in [0.05, 0.1) is 6.54 Å². The number of nitrogens with zero attached hydrogens (tertiary/aromatic N) is 1. The maximum absolute atomic E-state index is 13.2. The van der Waals surface area contributed by atoms with E-state index in [2.05, 4.69) is 43.4 Å². The summed E-state index contributed by atoms with van der Waals surface area (Å²) < 4.78 is 13.2. The van der Waals surface area contributed by atoms with Crippen LogP contribution in [0.3, 0.4) is 0 Å². The number of likely N-dealkylation sites (N-methyl/N-ethyl adjacent to an activating group) is 1. The predicted octanol–water partition coefficient (Wildman–Crippen LogP) is 3.74. The van der Waals surface area contributed by atoms with E-state index in [1.807, 2.05) is 18.0 Å². The van der Waals surface area contributed by atoms with Gasteiger partial charge in [0, 0.05) is 13.1 Å². The minimum atomic E-state index is -0.251. The third-order valence-electron chi connectivity index (χ3n) is 4.14. The van der Waals surface area contributed by atoms with Crippen LogP contribution in [0.5, 0.6) is 0 Å². The number of halogens is 1. The monoisotopic (exact) mass is 342 g/mol. The molecule has 0 radical (unpaired) electrons. The molecule has 1 amide bonds. The van der Waals surface area contributed by atoms with Crippen molar-refractivity contribution in [2.45, 2.75) is 32.7 Å². The second kappa shape index (κ2) is 9.33. The van der Waals surface area contributed by atoms with Gasteiger partial charge in [-0.25, -0.2) is 4.39 Å². The Morgan fingerprint density at radius 1 is 1.12 bits per heavy atom. The third kappa shape index (κ3) is 6.67. The molecule has 0 aromatic heterocycles. The number of benzene rings is 2. The van der Waals surface area contributed by atoms with E-state index < -0.39 is 0 Å². The van der Waals surface area contributed by atoms with Crippen LogP contribution in [-0.2, 0) is 17.8 Å². The van der Waals surface area contributed by atoms with Gasteiger partial charge in [0.1, 0.15) is 5.82 Å². The molecule has 0 aliphatic carbocycles. The molecule has 0 bridgehead atoms. The Morgan fingerprint density at radius 3 is 2.48 bits per heavy atom. The zero-order chi connectivity index (χ0) is 18.2. The second-order valence-electron chi connectivity index (χ2n) is 6.80. The molecule has 0 fully saturated rings. The van der Waals surface area contributed by atoms with E-state index in [-0.39, 0.29) is 11.7 Å². The number of amides is 1. The number of hydrogen-bond acceptors (Lipinski definition) is 2. The first-order valence-corrected chi connectivity index (χ1v) is 8.72. The van der Waals surface area contributed by atoms with E-state index in [9.17, 15) is 9.18 Å². The molecule has 0 aliphatic heterocycles. The lowest BCUT2D eigenvalue weighted by Gasteiger charge is -2.16. The lowest BCUT2D eigenvalue weighted by Crippen LogP contribution is -2.35. The molecule has 2 rings (SSSR count). The van der Waals surface area contributed by atoms with Gasteiger partial charge in [-0.2, -0.15) is 0 Å². The highest BCUT2D eigenvalue weighted by Gasteiger charge is 2.07. The number of nitrogens with one attached hydrogen (secondary N) is 1. The highest BCUT2D eigenvalue weighted by atomic mass is 19.1. The van der Waals surface area contributed by atoms with E-state index in [0.29, 0.717) is 25.6 Å². The number of hydrogen-bond donors (Lipinski definition) is 1. The van der Waals surface area contributed by atoms with Crippen LogP contribution in [-0.4, -0.2) is 30.9 Å². The quantitative estimate of drug-likeness (QED) is 0.793. The van der Waals surface area contributed by atoms with Crippen molar-refractivity contribution in [3.8, 4) is 0 Å². The van der Waals surface area contributed by atoms with Crippen molar-refractivity contribution in [1.82, 2.24) is 10.2 Å². The van der Waals surface area contributed by atoms with E-state index in [4.69, 9.17) is 0 Å². The Hall–Kier alpha value is -2.20. The fourth-order valence-corrected chi connectivity index (χ4v) is 2.72. The Bertz CT molecular complexity index is 683. The molecule has 0 saturated heterocycles. The number of carbonyl (C=O) groups is 1. The van der Waals surface area contributed by atoms with Gasteiger partial charge in [-0.3, -0.25) is 9.69 Å². The third-order valence-corrected chi connectivity index (χ3v) is 4.14. The van der Waals surface area contributed by atoms with Crippen LogP contribution in [0.15, 0.2) is 48.5 Å². The summed E-state index contributed by atoms with van der Waals surface area (Å²) in [6, 6.07) is 15.0. The zero-order valence-corrected chi connectivity index (χ0v) is 15.3. The van der Waals surface area contributed by atoms with Crippen molar-refractivity contribution < 1.29 is 9.18 Å². The van der Waals surface area contributed by atoms with Gasteiger partial charge in [0.25, 0.3) is 0 Å². The summed E-state index contributed by atoms with van der Waals surface area (Å²) in [7, 11) is 1.86. The topological polar surface area (TPSA) is 32.3 Å². The highest BCUT2D eigenvalue weighted by molar-refractivity contribution is 5.77. The Morgan fingerprint density at radius 2 is 1.84 bits per heavy atom. The van der Waals surface area contributed by atoms with Crippen molar-refractivity contribution in [1.29, 1.82) is 0 Å². The predicted molar refractivity (Wildman–Crippen MR) is 100.0 cm³/mol. The fraction of sp³-hybridized carbons (Fsp3) is 0.381. The zero-order valence-electron chi connectivity index (χ0n) is 15.3. The van der Waals surface area contributed by atoms with Crippen molar-refractivity contribution in [3.63, 3.8) is 0 Å². The first kappa shape index (κ1) is 19.1. The molecule has 0 aliphatic rings. The molecule has 25 heavy (non-hydrogen) atoms. The average Bonchev–Trinajstić information content (AvgIpc) is 2.55. The number of rotatable bonds is 8. The molecule has 3 nitrogen and oxygen atoms in total. The smallest absolute Gasteiger partial charge is 0.234 e. The van der Waals surface area contributed by atoms with Gasteiger partial charge in [-0.05, 0) is 48.2 Å². The van der Waals surface area contributed by atoms with E-state index in [0.717, 1.165) is 12.0 Å².